The molecule has 1 amide bonds. The summed E-state index contributed by atoms with van der Waals surface area (Å²) in [7, 11) is 0. The van der Waals surface area contributed by atoms with E-state index in [0.717, 1.165) is 43.0 Å². The molecule has 1 aliphatic carbocycles. The molecule has 6 heteroatoms. The smallest absolute Gasteiger partial charge is 0.404 e. The van der Waals surface area contributed by atoms with Crippen molar-refractivity contribution < 1.29 is 13.9 Å². The summed E-state index contributed by atoms with van der Waals surface area (Å²) >= 11 is 1.78. The largest absolute Gasteiger partial charge is 0.446 e. The van der Waals surface area contributed by atoms with Crippen molar-refractivity contribution in [2.24, 2.45) is 11.7 Å². The van der Waals surface area contributed by atoms with Gasteiger partial charge in [0.05, 0.1) is 0 Å². The van der Waals surface area contributed by atoms with Gasteiger partial charge in [0.15, 0.2) is 0 Å². The quantitative estimate of drug-likeness (QED) is 0.610. The van der Waals surface area contributed by atoms with Gasteiger partial charge in [-0.1, -0.05) is 12.8 Å². The van der Waals surface area contributed by atoms with Crippen molar-refractivity contribution in [3.05, 3.63) is 30.1 Å². The molecule has 0 radical (unpaired) electrons. The Kier molecular flexibility index (Phi) is 6.59. The Labute approximate surface area is 153 Å². The van der Waals surface area contributed by atoms with Crippen molar-refractivity contribution in [2.75, 3.05) is 18.8 Å². The van der Waals surface area contributed by atoms with Crippen LogP contribution < -0.4 is 5.73 Å². The van der Waals surface area contributed by atoms with Gasteiger partial charge in [-0.3, -0.25) is 4.90 Å². The first-order valence-electron chi connectivity index (χ1n) is 9.22. The maximum Gasteiger partial charge on any atom is 0.404 e. The van der Waals surface area contributed by atoms with Crippen LogP contribution in [0.3, 0.4) is 0 Å². The summed E-state index contributed by atoms with van der Waals surface area (Å²) in [4.78, 5) is 14.8. The van der Waals surface area contributed by atoms with Gasteiger partial charge in [-0.2, -0.15) is 0 Å². The van der Waals surface area contributed by atoms with Crippen molar-refractivity contribution in [1.29, 1.82) is 0 Å². The highest BCUT2D eigenvalue weighted by atomic mass is 32.2. The van der Waals surface area contributed by atoms with Crippen LogP contribution in [-0.2, 0) is 4.74 Å². The second-order valence-corrected chi connectivity index (χ2v) is 8.14. The number of hydrogen-bond donors (Lipinski definition) is 1. The molecule has 4 nitrogen and oxygen atoms in total. The number of nitrogens with zero attached hydrogens (tertiary/aromatic N) is 1. The first-order chi connectivity index (χ1) is 12.1. The van der Waals surface area contributed by atoms with Crippen molar-refractivity contribution >= 4 is 17.9 Å². The van der Waals surface area contributed by atoms with Gasteiger partial charge in [0.2, 0.25) is 0 Å². The number of carbonyl (C=O) groups excluding carboxylic acids is 1. The van der Waals surface area contributed by atoms with E-state index in [2.05, 4.69) is 4.90 Å². The molecule has 1 aliphatic heterocycles. The summed E-state index contributed by atoms with van der Waals surface area (Å²) in [6.45, 7) is 2.04. The van der Waals surface area contributed by atoms with E-state index in [1.54, 1.807) is 11.8 Å². The fourth-order valence-electron chi connectivity index (χ4n) is 4.26. The van der Waals surface area contributed by atoms with E-state index in [1.165, 1.54) is 31.4 Å². The molecule has 0 aromatic heterocycles. The Bertz CT molecular complexity index is 569. The third kappa shape index (κ3) is 5.11. The van der Waals surface area contributed by atoms with Crippen LogP contribution in [-0.4, -0.2) is 42.0 Å². The number of likely N-dealkylation sites (tertiary alicyclic amines) is 1. The van der Waals surface area contributed by atoms with E-state index in [-0.39, 0.29) is 11.9 Å². The third-order valence-corrected chi connectivity index (χ3v) is 6.47. The van der Waals surface area contributed by atoms with Crippen LogP contribution in [0.5, 0.6) is 0 Å². The van der Waals surface area contributed by atoms with Gasteiger partial charge in [0, 0.05) is 23.4 Å². The van der Waals surface area contributed by atoms with Gasteiger partial charge >= 0.3 is 6.09 Å². The molecular formula is C19H27FN2O2S. The normalized spacial score (nSPS) is 26.8. The number of carbonyl (C=O) groups is 1. The fraction of sp³-hybridized carbons (Fsp3) is 0.632. The average Bonchev–Trinajstić information content (AvgIpc) is 2.61. The van der Waals surface area contributed by atoms with Crippen molar-refractivity contribution in [3.63, 3.8) is 0 Å². The molecule has 2 fully saturated rings. The first kappa shape index (κ1) is 18.5. The Morgan fingerprint density at radius 1 is 1.24 bits per heavy atom. The van der Waals surface area contributed by atoms with Gasteiger partial charge in [0.25, 0.3) is 0 Å². The number of thioether (sulfide) groups is 1. The standard InChI is InChI=1S/C19H27FN2O2S/c20-14-6-8-15(9-7-14)25-13-3-11-22-12-10-18(24-19(21)23)16-4-1-2-5-17(16)22/h6-9,16-18H,1-5,10-13H2,(H2,21,23)/t16-,17?,18+/m1/s1. The molecule has 1 aromatic rings. The molecule has 1 saturated carbocycles. The molecule has 1 aromatic carbocycles. The number of piperidine rings is 1. The van der Waals surface area contributed by atoms with Crippen LogP contribution in [0.2, 0.25) is 0 Å². The number of primary amides is 1. The number of rotatable bonds is 6. The number of ether oxygens (including phenoxy) is 1. The van der Waals surface area contributed by atoms with Crippen LogP contribution in [0.4, 0.5) is 9.18 Å². The monoisotopic (exact) mass is 366 g/mol. The minimum absolute atomic E-state index is 0.00681. The lowest BCUT2D eigenvalue weighted by atomic mass is 9.76. The number of benzene rings is 1. The highest BCUT2D eigenvalue weighted by Gasteiger charge is 2.40. The zero-order valence-corrected chi connectivity index (χ0v) is 15.3. The van der Waals surface area contributed by atoms with Crippen LogP contribution in [0.25, 0.3) is 0 Å². The van der Waals surface area contributed by atoms with E-state index in [0.29, 0.717) is 12.0 Å². The van der Waals surface area contributed by atoms with Crippen LogP contribution in [0.1, 0.15) is 38.5 Å². The minimum Gasteiger partial charge on any atom is -0.446 e. The van der Waals surface area contributed by atoms with E-state index < -0.39 is 6.09 Å². The average molecular weight is 367 g/mol. The van der Waals surface area contributed by atoms with Crippen LogP contribution in [0, 0.1) is 11.7 Å². The molecule has 1 unspecified atom stereocenters. The molecular weight excluding hydrogens is 339 g/mol. The lowest BCUT2D eigenvalue weighted by Crippen LogP contribution is -2.54. The molecule has 0 bridgehead atoms. The fourth-order valence-corrected chi connectivity index (χ4v) is 5.10. The van der Waals surface area contributed by atoms with E-state index in [4.69, 9.17) is 10.5 Å². The summed E-state index contributed by atoms with van der Waals surface area (Å²) in [6.07, 6.45) is 6.13. The molecule has 2 aliphatic rings. The second kappa shape index (κ2) is 8.90. The molecule has 3 rings (SSSR count). The molecule has 25 heavy (non-hydrogen) atoms. The van der Waals surface area contributed by atoms with Crippen LogP contribution >= 0.6 is 11.8 Å². The van der Waals surface area contributed by atoms with E-state index in [1.807, 2.05) is 12.1 Å². The van der Waals surface area contributed by atoms with Crippen molar-refractivity contribution in [2.45, 2.75) is 55.6 Å². The number of halogens is 1. The zero-order chi connectivity index (χ0) is 17.6. The van der Waals surface area contributed by atoms with Gasteiger partial charge in [-0.25, -0.2) is 9.18 Å². The molecule has 2 N–H and O–H groups in total. The summed E-state index contributed by atoms with van der Waals surface area (Å²) in [5.74, 6) is 1.27. The Balaban J connectivity index is 1.47. The molecule has 138 valence electrons. The van der Waals surface area contributed by atoms with Gasteiger partial charge in [-0.15, -0.1) is 11.8 Å². The Morgan fingerprint density at radius 2 is 2.00 bits per heavy atom. The van der Waals surface area contributed by atoms with E-state index in [9.17, 15) is 9.18 Å². The highest BCUT2D eigenvalue weighted by molar-refractivity contribution is 7.99. The predicted octanol–water partition coefficient (Wildman–Crippen LogP) is 4.04. The Hall–Kier alpha value is -1.27. The van der Waals surface area contributed by atoms with Gasteiger partial charge in [-0.05, 0) is 62.2 Å². The topological polar surface area (TPSA) is 55.6 Å². The van der Waals surface area contributed by atoms with Gasteiger partial charge < -0.3 is 10.5 Å². The minimum atomic E-state index is -0.640. The van der Waals surface area contributed by atoms with E-state index >= 15 is 0 Å². The molecule has 1 heterocycles. The lowest BCUT2D eigenvalue weighted by Gasteiger charge is -2.47. The number of hydrogen-bond acceptors (Lipinski definition) is 4. The number of fused-ring (bicyclic) bond motifs is 1. The van der Waals surface area contributed by atoms with Gasteiger partial charge in [0.1, 0.15) is 11.9 Å². The number of nitrogens with two attached hydrogens (primary N) is 1. The third-order valence-electron chi connectivity index (χ3n) is 5.37. The second-order valence-electron chi connectivity index (χ2n) is 6.97. The maximum absolute atomic E-state index is 12.9. The summed E-state index contributed by atoms with van der Waals surface area (Å²) in [5, 5.41) is 0. The molecule has 1 saturated heterocycles. The summed E-state index contributed by atoms with van der Waals surface area (Å²) in [5.41, 5.74) is 5.24. The number of amides is 1. The molecule has 0 spiro atoms. The highest BCUT2D eigenvalue weighted by Crippen LogP contribution is 2.37. The molecule has 3 atom stereocenters. The lowest BCUT2D eigenvalue weighted by molar-refractivity contribution is -0.0411. The van der Waals surface area contributed by atoms with Crippen molar-refractivity contribution in [1.82, 2.24) is 4.90 Å². The summed E-state index contributed by atoms with van der Waals surface area (Å²) in [6, 6.07) is 7.22. The predicted molar refractivity (Wildman–Crippen MR) is 98.1 cm³/mol. The maximum atomic E-state index is 12.9. The SMILES string of the molecule is NC(=O)O[C@H]1CCN(CCCSc2ccc(F)cc2)C2CCCC[C@H]21. The Morgan fingerprint density at radius 3 is 2.76 bits per heavy atom. The van der Waals surface area contributed by atoms with Crippen LogP contribution in [0.15, 0.2) is 29.2 Å². The summed E-state index contributed by atoms with van der Waals surface area (Å²) < 4.78 is 18.3. The zero-order valence-electron chi connectivity index (χ0n) is 14.5. The first-order valence-corrected chi connectivity index (χ1v) is 10.2. The van der Waals surface area contributed by atoms with Crippen molar-refractivity contribution in [3.8, 4) is 0 Å².